The van der Waals surface area contributed by atoms with Crippen molar-refractivity contribution in [2.24, 2.45) is 0 Å². The van der Waals surface area contributed by atoms with Gasteiger partial charge in [0.2, 0.25) is 0 Å². The quantitative estimate of drug-likeness (QED) is 0.574. The summed E-state index contributed by atoms with van der Waals surface area (Å²) in [5.41, 5.74) is 7.29. The fraction of sp³-hybridized carbons (Fsp3) is 0.538. The van der Waals surface area contributed by atoms with Gasteiger partial charge in [-0.05, 0) is 30.2 Å². The molecule has 3 nitrogen and oxygen atoms in total. The predicted octanol–water partition coefficient (Wildman–Crippen LogP) is 3.26. The minimum absolute atomic E-state index is 0.473. The molecule has 0 saturated carbocycles. The van der Waals surface area contributed by atoms with Crippen molar-refractivity contribution < 1.29 is 9.47 Å². The Hall–Kier alpha value is -0.770. The van der Waals surface area contributed by atoms with Gasteiger partial charge in [0.05, 0.1) is 19.8 Å². The van der Waals surface area contributed by atoms with E-state index in [1.165, 1.54) is 0 Å². The highest BCUT2D eigenvalue weighted by molar-refractivity contribution is 6.31. The molecule has 0 amide bonds. The van der Waals surface area contributed by atoms with E-state index in [9.17, 15) is 0 Å². The number of halogens is 1. The van der Waals surface area contributed by atoms with Crippen LogP contribution in [0.2, 0.25) is 5.02 Å². The molecular formula is C13H20ClNO2. The van der Waals surface area contributed by atoms with Crippen molar-refractivity contribution in [3.05, 3.63) is 28.8 Å². The molecule has 96 valence electrons. The average molecular weight is 258 g/mol. The molecule has 0 saturated heterocycles. The second kappa shape index (κ2) is 8.34. The van der Waals surface area contributed by atoms with Gasteiger partial charge in [0.15, 0.2) is 0 Å². The first-order chi connectivity index (χ1) is 8.24. The van der Waals surface area contributed by atoms with Crippen LogP contribution in [0, 0.1) is 0 Å². The SMILES string of the molecule is CCCCOCCOCc1cc(N)ccc1Cl. The Balaban J connectivity index is 2.15. The topological polar surface area (TPSA) is 44.5 Å². The van der Waals surface area contributed by atoms with Crippen LogP contribution >= 0.6 is 11.6 Å². The summed E-state index contributed by atoms with van der Waals surface area (Å²) >= 11 is 6.01. The Morgan fingerprint density at radius 2 is 1.94 bits per heavy atom. The Morgan fingerprint density at radius 1 is 1.18 bits per heavy atom. The van der Waals surface area contributed by atoms with E-state index in [4.69, 9.17) is 26.8 Å². The first-order valence-corrected chi connectivity index (χ1v) is 6.31. The summed E-state index contributed by atoms with van der Waals surface area (Å²) < 4.78 is 10.9. The fourth-order valence-electron chi connectivity index (χ4n) is 1.35. The lowest BCUT2D eigenvalue weighted by molar-refractivity contribution is 0.0397. The summed E-state index contributed by atoms with van der Waals surface area (Å²) in [5, 5.41) is 0.686. The molecule has 0 heterocycles. The molecule has 17 heavy (non-hydrogen) atoms. The van der Waals surface area contributed by atoms with Crippen LogP contribution in [0.25, 0.3) is 0 Å². The average Bonchev–Trinajstić information content (AvgIpc) is 2.32. The molecule has 0 radical (unpaired) electrons. The molecule has 1 rings (SSSR count). The van der Waals surface area contributed by atoms with E-state index in [1.807, 2.05) is 6.07 Å². The molecule has 1 aromatic rings. The molecule has 0 aliphatic heterocycles. The van der Waals surface area contributed by atoms with Gasteiger partial charge in [-0.3, -0.25) is 0 Å². The smallest absolute Gasteiger partial charge is 0.0733 e. The van der Waals surface area contributed by atoms with Crippen molar-refractivity contribution >= 4 is 17.3 Å². The van der Waals surface area contributed by atoms with Crippen LogP contribution in [-0.4, -0.2) is 19.8 Å². The maximum absolute atomic E-state index is 6.01. The first kappa shape index (κ1) is 14.3. The van der Waals surface area contributed by atoms with Crippen LogP contribution in [-0.2, 0) is 16.1 Å². The lowest BCUT2D eigenvalue weighted by Gasteiger charge is -2.07. The molecule has 0 aromatic heterocycles. The highest BCUT2D eigenvalue weighted by atomic mass is 35.5. The van der Waals surface area contributed by atoms with Crippen molar-refractivity contribution in [1.29, 1.82) is 0 Å². The van der Waals surface area contributed by atoms with Crippen LogP contribution in [0.15, 0.2) is 18.2 Å². The number of unbranched alkanes of at least 4 members (excludes halogenated alkanes) is 1. The van der Waals surface area contributed by atoms with E-state index in [0.29, 0.717) is 30.5 Å². The van der Waals surface area contributed by atoms with Crippen molar-refractivity contribution in [3.8, 4) is 0 Å². The van der Waals surface area contributed by atoms with Crippen molar-refractivity contribution in [2.45, 2.75) is 26.4 Å². The Labute approximate surface area is 108 Å². The zero-order chi connectivity index (χ0) is 12.5. The van der Waals surface area contributed by atoms with Crippen LogP contribution in [0.5, 0.6) is 0 Å². The summed E-state index contributed by atoms with van der Waals surface area (Å²) in [4.78, 5) is 0. The van der Waals surface area contributed by atoms with Gasteiger partial charge in [-0.15, -0.1) is 0 Å². The van der Waals surface area contributed by atoms with Gasteiger partial charge in [0.25, 0.3) is 0 Å². The van der Waals surface area contributed by atoms with Gasteiger partial charge in [0.1, 0.15) is 0 Å². The minimum atomic E-state index is 0.473. The maximum Gasteiger partial charge on any atom is 0.0733 e. The van der Waals surface area contributed by atoms with E-state index in [0.717, 1.165) is 25.0 Å². The molecule has 0 unspecified atom stereocenters. The molecular weight excluding hydrogens is 238 g/mol. The Kier molecular flexibility index (Phi) is 7.01. The molecule has 0 bridgehead atoms. The summed E-state index contributed by atoms with van der Waals surface area (Å²) in [6, 6.07) is 5.40. The number of benzene rings is 1. The number of hydrogen-bond donors (Lipinski definition) is 1. The zero-order valence-corrected chi connectivity index (χ0v) is 11.0. The highest BCUT2D eigenvalue weighted by Crippen LogP contribution is 2.19. The lowest BCUT2D eigenvalue weighted by Crippen LogP contribution is -2.05. The van der Waals surface area contributed by atoms with Gasteiger partial charge in [-0.2, -0.15) is 0 Å². The van der Waals surface area contributed by atoms with Gasteiger partial charge in [0, 0.05) is 17.3 Å². The number of nitrogen functional groups attached to an aromatic ring is 1. The van der Waals surface area contributed by atoms with Crippen LogP contribution in [0.4, 0.5) is 5.69 Å². The number of nitrogens with two attached hydrogens (primary N) is 1. The van der Waals surface area contributed by atoms with E-state index in [1.54, 1.807) is 12.1 Å². The summed E-state index contributed by atoms with van der Waals surface area (Å²) in [6.07, 6.45) is 2.25. The van der Waals surface area contributed by atoms with Crippen molar-refractivity contribution in [1.82, 2.24) is 0 Å². The highest BCUT2D eigenvalue weighted by Gasteiger charge is 2.00. The molecule has 2 N–H and O–H groups in total. The summed E-state index contributed by atoms with van der Waals surface area (Å²) in [5.74, 6) is 0. The van der Waals surface area contributed by atoms with Gasteiger partial charge < -0.3 is 15.2 Å². The zero-order valence-electron chi connectivity index (χ0n) is 10.2. The number of rotatable bonds is 8. The van der Waals surface area contributed by atoms with Crippen LogP contribution in [0.3, 0.4) is 0 Å². The van der Waals surface area contributed by atoms with Gasteiger partial charge in [-0.25, -0.2) is 0 Å². The van der Waals surface area contributed by atoms with E-state index in [2.05, 4.69) is 6.92 Å². The van der Waals surface area contributed by atoms with Crippen LogP contribution < -0.4 is 5.73 Å². The molecule has 0 aliphatic rings. The van der Waals surface area contributed by atoms with Gasteiger partial charge in [-0.1, -0.05) is 24.9 Å². The fourth-order valence-corrected chi connectivity index (χ4v) is 1.53. The van der Waals surface area contributed by atoms with Crippen molar-refractivity contribution in [2.75, 3.05) is 25.6 Å². The molecule has 1 aromatic carbocycles. The van der Waals surface area contributed by atoms with E-state index in [-0.39, 0.29) is 0 Å². The Morgan fingerprint density at radius 3 is 2.71 bits per heavy atom. The summed E-state index contributed by atoms with van der Waals surface area (Å²) in [6.45, 7) is 4.62. The van der Waals surface area contributed by atoms with E-state index < -0.39 is 0 Å². The number of anilines is 1. The molecule has 0 aliphatic carbocycles. The Bertz CT molecular complexity index is 331. The van der Waals surface area contributed by atoms with Crippen LogP contribution in [0.1, 0.15) is 25.3 Å². The molecule has 0 atom stereocenters. The lowest BCUT2D eigenvalue weighted by atomic mass is 10.2. The third kappa shape index (κ3) is 5.91. The number of hydrogen-bond acceptors (Lipinski definition) is 3. The largest absolute Gasteiger partial charge is 0.399 e. The van der Waals surface area contributed by atoms with Gasteiger partial charge >= 0.3 is 0 Å². The first-order valence-electron chi connectivity index (χ1n) is 5.93. The maximum atomic E-state index is 6.01. The standard InChI is InChI=1S/C13H20ClNO2/c1-2-3-6-16-7-8-17-10-11-9-12(15)4-5-13(11)14/h4-5,9H,2-3,6-8,10,15H2,1H3. The minimum Gasteiger partial charge on any atom is -0.399 e. The van der Waals surface area contributed by atoms with E-state index >= 15 is 0 Å². The molecule has 0 spiro atoms. The molecule has 0 fully saturated rings. The third-order valence-electron chi connectivity index (χ3n) is 2.34. The second-order valence-corrected chi connectivity index (χ2v) is 4.28. The van der Waals surface area contributed by atoms with Crippen molar-refractivity contribution in [3.63, 3.8) is 0 Å². The second-order valence-electron chi connectivity index (χ2n) is 3.87. The monoisotopic (exact) mass is 257 g/mol. The summed E-state index contributed by atoms with van der Waals surface area (Å²) in [7, 11) is 0. The number of ether oxygens (including phenoxy) is 2. The third-order valence-corrected chi connectivity index (χ3v) is 2.71. The normalized spacial score (nSPS) is 10.7. The molecule has 4 heteroatoms. The predicted molar refractivity (Wildman–Crippen MR) is 71.2 cm³/mol.